The molecule has 6 heteroatoms. The highest BCUT2D eigenvalue weighted by molar-refractivity contribution is 6.00. The molecule has 0 saturated carbocycles. The van der Waals surface area contributed by atoms with Gasteiger partial charge in [0.05, 0.1) is 12.8 Å². The Morgan fingerprint density at radius 3 is 2.87 bits per heavy atom. The average Bonchev–Trinajstić information content (AvgIpc) is 2.70. The van der Waals surface area contributed by atoms with E-state index in [1.165, 1.54) is 0 Å². The van der Waals surface area contributed by atoms with Gasteiger partial charge in [0.25, 0.3) is 0 Å². The van der Waals surface area contributed by atoms with Crippen molar-refractivity contribution in [3.05, 3.63) is 11.9 Å². The third-order valence-electron chi connectivity index (χ3n) is 2.21. The molecule has 0 bridgehead atoms. The fourth-order valence-corrected chi connectivity index (χ4v) is 1.53. The smallest absolute Gasteiger partial charge is 0.361 e. The molecule has 0 aliphatic carbocycles. The third-order valence-corrected chi connectivity index (χ3v) is 2.21. The molecule has 0 amide bonds. The van der Waals surface area contributed by atoms with E-state index in [1.54, 1.807) is 36.6 Å². The first kappa shape index (κ1) is 9.70. The Morgan fingerprint density at radius 2 is 2.20 bits per heavy atom. The molecule has 2 aromatic heterocycles. The molecule has 2 rings (SSSR count). The van der Waals surface area contributed by atoms with E-state index in [9.17, 15) is 4.79 Å². The van der Waals surface area contributed by atoms with Gasteiger partial charge in [0.2, 0.25) is 0 Å². The Bertz CT molecular complexity index is 511. The summed E-state index contributed by atoms with van der Waals surface area (Å²) in [7, 11) is 3.54. The lowest BCUT2D eigenvalue weighted by atomic mass is 10.3. The molecule has 0 saturated heterocycles. The maximum absolute atomic E-state index is 11.6. The average molecular weight is 208 g/mol. The van der Waals surface area contributed by atoms with Crippen LogP contribution >= 0.6 is 0 Å². The standard InChI is InChI=1S/C9H12N4O2/c1-4-15-9(14)7-8-6(12(2)11-7)5-10-13(8)3/h5H,4H2,1-3H3. The van der Waals surface area contributed by atoms with Crippen molar-refractivity contribution in [2.45, 2.75) is 6.92 Å². The van der Waals surface area contributed by atoms with Crippen LogP contribution in [0.4, 0.5) is 0 Å². The number of esters is 1. The fraction of sp³-hybridized carbons (Fsp3) is 0.444. The molecule has 80 valence electrons. The van der Waals surface area contributed by atoms with Crippen LogP contribution in [0.15, 0.2) is 6.20 Å². The second kappa shape index (κ2) is 3.38. The second-order valence-corrected chi connectivity index (χ2v) is 3.19. The van der Waals surface area contributed by atoms with E-state index in [0.29, 0.717) is 17.8 Å². The summed E-state index contributed by atoms with van der Waals surface area (Å²) in [5.74, 6) is -0.410. The summed E-state index contributed by atoms with van der Waals surface area (Å²) < 4.78 is 8.16. The van der Waals surface area contributed by atoms with E-state index in [1.807, 2.05) is 0 Å². The number of aromatic nitrogens is 4. The van der Waals surface area contributed by atoms with E-state index in [0.717, 1.165) is 5.52 Å². The quantitative estimate of drug-likeness (QED) is 0.673. The molecule has 0 fully saturated rings. The van der Waals surface area contributed by atoms with Crippen LogP contribution in [0.5, 0.6) is 0 Å². The Balaban J connectivity index is 2.60. The van der Waals surface area contributed by atoms with Gasteiger partial charge in [-0.15, -0.1) is 0 Å². The van der Waals surface area contributed by atoms with Crippen LogP contribution in [0.1, 0.15) is 17.4 Å². The van der Waals surface area contributed by atoms with Crippen LogP contribution < -0.4 is 0 Å². The summed E-state index contributed by atoms with van der Waals surface area (Å²) in [6.07, 6.45) is 1.67. The third kappa shape index (κ3) is 1.38. The normalized spacial score (nSPS) is 10.9. The monoisotopic (exact) mass is 208 g/mol. The zero-order chi connectivity index (χ0) is 11.0. The number of fused-ring (bicyclic) bond motifs is 1. The maximum Gasteiger partial charge on any atom is 0.361 e. The van der Waals surface area contributed by atoms with Crippen molar-refractivity contribution in [3.8, 4) is 0 Å². The summed E-state index contributed by atoms with van der Waals surface area (Å²) in [4.78, 5) is 11.6. The van der Waals surface area contributed by atoms with Crippen LogP contribution in [-0.4, -0.2) is 32.1 Å². The lowest BCUT2D eigenvalue weighted by Crippen LogP contribution is -2.08. The minimum atomic E-state index is -0.410. The summed E-state index contributed by atoms with van der Waals surface area (Å²) >= 11 is 0. The molecule has 0 N–H and O–H groups in total. The van der Waals surface area contributed by atoms with Crippen LogP contribution in [0.2, 0.25) is 0 Å². The number of carbonyl (C=O) groups excluding carboxylic acids is 1. The Hall–Kier alpha value is -1.85. The molecule has 6 nitrogen and oxygen atoms in total. The van der Waals surface area contributed by atoms with Crippen molar-refractivity contribution in [1.29, 1.82) is 0 Å². The number of carbonyl (C=O) groups is 1. The van der Waals surface area contributed by atoms with Gasteiger partial charge in [-0.3, -0.25) is 9.36 Å². The number of ether oxygens (including phenoxy) is 1. The van der Waals surface area contributed by atoms with Gasteiger partial charge < -0.3 is 4.74 Å². The molecule has 0 radical (unpaired) electrons. The number of hydrogen-bond donors (Lipinski definition) is 0. The Labute approximate surface area is 86.4 Å². The highest BCUT2D eigenvalue weighted by Crippen LogP contribution is 2.17. The van der Waals surface area contributed by atoms with Gasteiger partial charge in [-0.05, 0) is 6.92 Å². The van der Waals surface area contributed by atoms with E-state index in [4.69, 9.17) is 4.74 Å². The minimum Gasteiger partial charge on any atom is -0.461 e. The van der Waals surface area contributed by atoms with Gasteiger partial charge >= 0.3 is 5.97 Å². The molecule has 2 aromatic rings. The van der Waals surface area contributed by atoms with Crippen molar-refractivity contribution in [3.63, 3.8) is 0 Å². The molecule has 0 atom stereocenters. The van der Waals surface area contributed by atoms with Crippen LogP contribution in [0.3, 0.4) is 0 Å². The highest BCUT2D eigenvalue weighted by atomic mass is 16.5. The van der Waals surface area contributed by atoms with Gasteiger partial charge in [0, 0.05) is 14.1 Å². The molecule has 0 aliphatic rings. The van der Waals surface area contributed by atoms with E-state index in [-0.39, 0.29) is 0 Å². The van der Waals surface area contributed by atoms with Crippen molar-refractivity contribution in [1.82, 2.24) is 19.6 Å². The van der Waals surface area contributed by atoms with Gasteiger partial charge in [-0.1, -0.05) is 0 Å². The molecule has 15 heavy (non-hydrogen) atoms. The second-order valence-electron chi connectivity index (χ2n) is 3.19. The zero-order valence-corrected chi connectivity index (χ0v) is 8.89. The summed E-state index contributed by atoms with van der Waals surface area (Å²) in [6.45, 7) is 2.11. The Kier molecular flexibility index (Phi) is 2.18. The number of aryl methyl sites for hydroxylation is 2. The minimum absolute atomic E-state index is 0.314. The van der Waals surface area contributed by atoms with Crippen molar-refractivity contribution in [2.24, 2.45) is 14.1 Å². The van der Waals surface area contributed by atoms with Crippen LogP contribution in [0.25, 0.3) is 11.0 Å². The van der Waals surface area contributed by atoms with Crippen molar-refractivity contribution in [2.75, 3.05) is 6.61 Å². The first-order chi connectivity index (χ1) is 7.15. The van der Waals surface area contributed by atoms with E-state index < -0.39 is 5.97 Å². The number of rotatable bonds is 2. The largest absolute Gasteiger partial charge is 0.461 e. The predicted molar refractivity (Wildman–Crippen MR) is 53.4 cm³/mol. The molecule has 0 spiro atoms. The first-order valence-corrected chi connectivity index (χ1v) is 4.67. The summed E-state index contributed by atoms with van der Waals surface area (Å²) in [5, 5.41) is 8.18. The molecule has 2 heterocycles. The van der Waals surface area contributed by atoms with Crippen molar-refractivity contribution >= 4 is 17.0 Å². The van der Waals surface area contributed by atoms with Crippen molar-refractivity contribution < 1.29 is 9.53 Å². The maximum atomic E-state index is 11.6. The van der Waals surface area contributed by atoms with Gasteiger partial charge in [-0.25, -0.2) is 4.79 Å². The Morgan fingerprint density at radius 1 is 1.47 bits per heavy atom. The topological polar surface area (TPSA) is 61.9 Å². The summed E-state index contributed by atoms with van der Waals surface area (Å²) in [5.41, 5.74) is 1.84. The summed E-state index contributed by atoms with van der Waals surface area (Å²) in [6, 6.07) is 0. The highest BCUT2D eigenvalue weighted by Gasteiger charge is 2.20. The van der Waals surface area contributed by atoms with Gasteiger partial charge in [-0.2, -0.15) is 10.2 Å². The number of hydrogen-bond acceptors (Lipinski definition) is 4. The lowest BCUT2D eigenvalue weighted by molar-refractivity contribution is 0.0520. The lowest BCUT2D eigenvalue weighted by Gasteiger charge is -1.98. The molecule has 0 unspecified atom stereocenters. The first-order valence-electron chi connectivity index (χ1n) is 4.67. The predicted octanol–water partition coefficient (Wildman–Crippen LogP) is 0.483. The molecular weight excluding hydrogens is 196 g/mol. The van der Waals surface area contributed by atoms with Crippen LogP contribution in [-0.2, 0) is 18.8 Å². The van der Waals surface area contributed by atoms with Crippen LogP contribution in [0, 0.1) is 0 Å². The van der Waals surface area contributed by atoms with E-state index >= 15 is 0 Å². The fourth-order valence-electron chi connectivity index (χ4n) is 1.53. The van der Waals surface area contributed by atoms with Gasteiger partial charge in [0.1, 0.15) is 11.0 Å². The van der Waals surface area contributed by atoms with E-state index in [2.05, 4.69) is 10.2 Å². The molecular formula is C9H12N4O2. The van der Waals surface area contributed by atoms with Gasteiger partial charge in [0.15, 0.2) is 5.69 Å². The molecule has 0 aliphatic heterocycles. The molecule has 0 aromatic carbocycles. The zero-order valence-electron chi connectivity index (χ0n) is 8.89. The SMILES string of the molecule is CCOC(=O)c1nn(C)c2cnn(C)c12. The number of nitrogens with zero attached hydrogens (tertiary/aromatic N) is 4.